The Morgan fingerprint density at radius 1 is 1.21 bits per heavy atom. The van der Waals surface area contributed by atoms with Crippen LogP contribution >= 0.6 is 11.8 Å². The fourth-order valence-corrected chi connectivity index (χ4v) is 2.37. The summed E-state index contributed by atoms with van der Waals surface area (Å²) in [5, 5.41) is -0.110. The van der Waals surface area contributed by atoms with Crippen molar-refractivity contribution >= 4 is 38.4 Å². The van der Waals surface area contributed by atoms with Crippen LogP contribution in [-0.4, -0.2) is 30.8 Å². The van der Waals surface area contributed by atoms with E-state index >= 15 is 0 Å². The molecule has 7 heteroatoms. The lowest BCUT2D eigenvalue weighted by molar-refractivity contribution is -0.109. The Balaban J connectivity index is 2.71. The van der Waals surface area contributed by atoms with Crippen molar-refractivity contribution in [3.63, 3.8) is 0 Å². The van der Waals surface area contributed by atoms with Gasteiger partial charge in [0.05, 0.1) is 11.5 Å². The highest BCUT2D eigenvalue weighted by atomic mass is 32.2. The molecule has 5 nitrogen and oxygen atoms in total. The smallest absolute Gasteiger partial charge is 0.232 e. The van der Waals surface area contributed by atoms with Crippen molar-refractivity contribution in [1.29, 1.82) is 0 Å². The van der Waals surface area contributed by atoms with Crippen LogP contribution in [0.25, 0.3) is 0 Å². The minimum absolute atomic E-state index is 0.0110. The van der Waals surface area contributed by atoms with Crippen molar-refractivity contribution in [3.8, 4) is 0 Å². The molecule has 0 aliphatic heterocycles. The summed E-state index contributed by atoms with van der Waals surface area (Å²) in [6.07, 6.45) is 0. The molecule has 0 heterocycles. The summed E-state index contributed by atoms with van der Waals surface area (Å²) in [5.74, 6) is -0.0803. The molecule has 1 aromatic carbocycles. The monoisotopic (exact) mass is 301 g/mol. The average Bonchev–Trinajstić information content (AvgIpc) is 2.36. The fourth-order valence-electron chi connectivity index (χ4n) is 1.23. The van der Waals surface area contributed by atoms with Crippen LogP contribution in [0, 0.1) is 0 Å². The number of benzene rings is 1. The standard InChI is InChI=1S/C12H15NO4S2/c1-3-19(16,17)13-11-6-4-10(5-7-11)12(15)8-18-9(2)14/h4-7,13H,3,8H2,1-2H3. The number of sulfonamides is 1. The first-order valence-electron chi connectivity index (χ1n) is 5.61. The highest BCUT2D eigenvalue weighted by Crippen LogP contribution is 2.14. The van der Waals surface area contributed by atoms with Gasteiger partial charge in [-0.25, -0.2) is 8.42 Å². The first kappa shape index (κ1) is 15.7. The quantitative estimate of drug-likeness (QED) is 0.812. The summed E-state index contributed by atoms with van der Waals surface area (Å²) in [5.41, 5.74) is 0.866. The number of rotatable bonds is 6. The molecule has 0 aromatic heterocycles. The maximum absolute atomic E-state index is 11.7. The average molecular weight is 301 g/mol. The van der Waals surface area contributed by atoms with Gasteiger partial charge in [-0.3, -0.25) is 14.3 Å². The summed E-state index contributed by atoms with van der Waals surface area (Å²) in [7, 11) is -3.31. The van der Waals surface area contributed by atoms with Gasteiger partial charge in [-0.05, 0) is 31.2 Å². The van der Waals surface area contributed by atoms with E-state index in [1.165, 1.54) is 31.2 Å². The van der Waals surface area contributed by atoms with Crippen molar-refractivity contribution < 1.29 is 18.0 Å². The zero-order valence-electron chi connectivity index (χ0n) is 10.7. The SMILES string of the molecule is CCS(=O)(=O)Nc1ccc(C(=O)CSC(C)=O)cc1. The minimum Gasteiger partial charge on any atom is -0.293 e. The lowest BCUT2D eigenvalue weighted by Gasteiger charge is -2.06. The van der Waals surface area contributed by atoms with E-state index in [1.807, 2.05) is 0 Å². The molecule has 0 spiro atoms. The third kappa shape index (κ3) is 5.44. The van der Waals surface area contributed by atoms with E-state index in [1.54, 1.807) is 6.92 Å². The molecular formula is C12H15NO4S2. The van der Waals surface area contributed by atoms with Gasteiger partial charge < -0.3 is 0 Å². The zero-order chi connectivity index (χ0) is 14.5. The Labute approximate surface area is 116 Å². The van der Waals surface area contributed by atoms with Gasteiger partial charge in [-0.15, -0.1) is 0 Å². The topological polar surface area (TPSA) is 80.3 Å². The number of carbonyl (C=O) groups is 2. The lowest BCUT2D eigenvalue weighted by Crippen LogP contribution is -2.14. The summed E-state index contributed by atoms with van der Waals surface area (Å²) in [6.45, 7) is 2.94. The van der Waals surface area contributed by atoms with Crippen LogP contribution in [0.4, 0.5) is 5.69 Å². The maximum Gasteiger partial charge on any atom is 0.232 e. The van der Waals surface area contributed by atoms with Crippen molar-refractivity contribution in [1.82, 2.24) is 0 Å². The van der Waals surface area contributed by atoms with Gasteiger partial charge in [0.15, 0.2) is 10.9 Å². The third-order valence-corrected chi connectivity index (χ3v) is 4.39. The van der Waals surface area contributed by atoms with E-state index in [4.69, 9.17) is 0 Å². The first-order chi connectivity index (χ1) is 8.84. The predicted octanol–water partition coefficient (Wildman–Crippen LogP) is 1.91. The Bertz CT molecular complexity index is 564. The Hall–Kier alpha value is -1.34. The van der Waals surface area contributed by atoms with Crippen LogP contribution in [-0.2, 0) is 14.8 Å². The second kappa shape index (κ2) is 6.72. The highest BCUT2D eigenvalue weighted by molar-refractivity contribution is 8.14. The summed E-state index contributed by atoms with van der Waals surface area (Å²) >= 11 is 0.952. The van der Waals surface area contributed by atoms with Gasteiger partial charge in [0.2, 0.25) is 10.0 Å². The Morgan fingerprint density at radius 3 is 2.26 bits per heavy atom. The molecule has 0 unspecified atom stereocenters. The molecule has 0 amide bonds. The van der Waals surface area contributed by atoms with Gasteiger partial charge >= 0.3 is 0 Å². The molecule has 0 aliphatic rings. The minimum atomic E-state index is -3.31. The van der Waals surface area contributed by atoms with Crippen LogP contribution in [0.3, 0.4) is 0 Å². The fraction of sp³-hybridized carbons (Fsp3) is 0.333. The van der Waals surface area contributed by atoms with Crippen LogP contribution in [0.15, 0.2) is 24.3 Å². The van der Waals surface area contributed by atoms with E-state index < -0.39 is 10.0 Å². The number of anilines is 1. The number of ketones is 1. The zero-order valence-corrected chi connectivity index (χ0v) is 12.3. The Kier molecular flexibility index (Phi) is 5.56. The lowest BCUT2D eigenvalue weighted by atomic mass is 10.1. The molecule has 0 bridgehead atoms. The van der Waals surface area contributed by atoms with E-state index in [2.05, 4.69) is 4.72 Å². The summed E-state index contributed by atoms with van der Waals surface area (Å²) in [6, 6.07) is 6.13. The molecule has 0 fully saturated rings. The number of hydrogen-bond donors (Lipinski definition) is 1. The number of carbonyl (C=O) groups excluding carboxylic acids is 2. The van der Waals surface area contributed by atoms with Crippen molar-refractivity contribution in [2.75, 3.05) is 16.2 Å². The molecule has 1 N–H and O–H groups in total. The van der Waals surface area contributed by atoms with Gasteiger partial charge in [0.1, 0.15) is 0 Å². The number of Topliss-reactive ketones (excluding diaryl/α,β-unsaturated/α-hetero) is 1. The van der Waals surface area contributed by atoms with Gasteiger partial charge in [-0.1, -0.05) is 11.8 Å². The van der Waals surface area contributed by atoms with E-state index in [-0.39, 0.29) is 22.4 Å². The number of hydrogen-bond acceptors (Lipinski definition) is 5. The van der Waals surface area contributed by atoms with Gasteiger partial charge in [-0.2, -0.15) is 0 Å². The van der Waals surface area contributed by atoms with E-state index in [0.29, 0.717) is 11.3 Å². The van der Waals surface area contributed by atoms with Crippen molar-refractivity contribution in [2.24, 2.45) is 0 Å². The van der Waals surface area contributed by atoms with Crippen LogP contribution in [0.5, 0.6) is 0 Å². The second-order valence-electron chi connectivity index (χ2n) is 3.79. The third-order valence-electron chi connectivity index (χ3n) is 2.27. The van der Waals surface area contributed by atoms with Crippen molar-refractivity contribution in [3.05, 3.63) is 29.8 Å². The number of nitrogens with one attached hydrogen (secondary N) is 1. The van der Waals surface area contributed by atoms with Crippen LogP contribution < -0.4 is 4.72 Å². The van der Waals surface area contributed by atoms with Gasteiger partial charge in [0.25, 0.3) is 0 Å². The van der Waals surface area contributed by atoms with E-state index in [9.17, 15) is 18.0 Å². The summed E-state index contributed by atoms with van der Waals surface area (Å²) in [4.78, 5) is 22.4. The molecule has 104 valence electrons. The first-order valence-corrected chi connectivity index (χ1v) is 8.25. The molecule has 0 radical (unpaired) electrons. The van der Waals surface area contributed by atoms with E-state index in [0.717, 1.165) is 11.8 Å². The Morgan fingerprint density at radius 2 is 1.79 bits per heavy atom. The van der Waals surface area contributed by atoms with Crippen molar-refractivity contribution in [2.45, 2.75) is 13.8 Å². The molecule has 0 saturated carbocycles. The van der Waals surface area contributed by atoms with Gasteiger partial charge in [0, 0.05) is 18.2 Å². The molecule has 1 aromatic rings. The molecule has 0 aliphatic carbocycles. The maximum atomic E-state index is 11.7. The van der Waals surface area contributed by atoms with Crippen LogP contribution in [0.1, 0.15) is 24.2 Å². The largest absolute Gasteiger partial charge is 0.293 e. The second-order valence-corrected chi connectivity index (χ2v) is 6.95. The molecule has 0 atom stereocenters. The normalized spacial score (nSPS) is 11.1. The molecular weight excluding hydrogens is 286 g/mol. The van der Waals surface area contributed by atoms with Crippen LogP contribution in [0.2, 0.25) is 0 Å². The molecule has 19 heavy (non-hydrogen) atoms. The molecule has 1 rings (SSSR count). The predicted molar refractivity (Wildman–Crippen MR) is 77.0 cm³/mol. The molecule has 0 saturated heterocycles. The highest BCUT2D eigenvalue weighted by Gasteiger charge is 2.09. The summed E-state index contributed by atoms with van der Waals surface area (Å²) < 4.78 is 25.1. The number of thioether (sulfide) groups is 1.